The number of carbonyl (C=O) groups excluding carboxylic acids is 2. The SMILES string of the molecule is CSCCC(NC(=O)OCC1c2ccccc2-c2ccccc21)C(=O)NCC1C(C(=O)O)C1(F)F. The Morgan fingerprint density at radius 2 is 1.69 bits per heavy atom. The average Bonchev–Trinajstić information content (AvgIpc) is 3.25. The summed E-state index contributed by atoms with van der Waals surface area (Å²) in [5, 5.41) is 13.8. The Morgan fingerprint density at radius 1 is 1.09 bits per heavy atom. The highest BCUT2D eigenvalue weighted by atomic mass is 32.2. The summed E-state index contributed by atoms with van der Waals surface area (Å²) < 4.78 is 32.7. The van der Waals surface area contributed by atoms with Crippen molar-refractivity contribution in [2.45, 2.75) is 24.3 Å². The maximum atomic E-state index is 13.6. The lowest BCUT2D eigenvalue weighted by Crippen LogP contribution is -2.48. The third-order valence-electron chi connectivity index (χ3n) is 6.53. The Morgan fingerprint density at radius 3 is 2.23 bits per heavy atom. The summed E-state index contributed by atoms with van der Waals surface area (Å²) in [6.45, 7) is -0.406. The van der Waals surface area contributed by atoms with E-state index in [4.69, 9.17) is 9.84 Å². The molecular weight excluding hydrogens is 478 g/mol. The number of hydrogen-bond donors (Lipinski definition) is 3. The van der Waals surface area contributed by atoms with E-state index >= 15 is 0 Å². The number of carboxylic acids is 1. The molecule has 4 rings (SSSR count). The number of carboxylic acid groups (broad SMARTS) is 1. The van der Waals surface area contributed by atoms with Gasteiger partial charge in [-0.1, -0.05) is 48.5 Å². The molecule has 0 saturated heterocycles. The van der Waals surface area contributed by atoms with Gasteiger partial charge in [-0.05, 0) is 40.7 Å². The van der Waals surface area contributed by atoms with Crippen molar-refractivity contribution in [2.75, 3.05) is 25.2 Å². The normalized spacial score (nSPS) is 20.3. The first-order chi connectivity index (χ1) is 16.8. The van der Waals surface area contributed by atoms with Gasteiger partial charge in [-0.15, -0.1) is 0 Å². The van der Waals surface area contributed by atoms with Gasteiger partial charge in [0.1, 0.15) is 18.6 Å². The third kappa shape index (κ3) is 5.12. The molecule has 3 unspecified atom stereocenters. The van der Waals surface area contributed by atoms with E-state index in [1.165, 1.54) is 11.8 Å². The Hall–Kier alpha value is -3.14. The van der Waals surface area contributed by atoms with Gasteiger partial charge >= 0.3 is 12.1 Å². The molecule has 2 aromatic carbocycles. The smallest absolute Gasteiger partial charge is 0.407 e. The molecule has 1 fully saturated rings. The van der Waals surface area contributed by atoms with E-state index in [-0.39, 0.29) is 18.9 Å². The van der Waals surface area contributed by atoms with Gasteiger partial charge in [-0.3, -0.25) is 9.59 Å². The van der Waals surface area contributed by atoms with Gasteiger partial charge < -0.3 is 20.5 Å². The number of hydrogen-bond acceptors (Lipinski definition) is 5. The number of benzene rings is 2. The maximum absolute atomic E-state index is 13.6. The quantitative estimate of drug-likeness (QED) is 0.456. The molecule has 0 aromatic heterocycles. The van der Waals surface area contributed by atoms with Crippen molar-refractivity contribution < 1.29 is 33.0 Å². The number of carbonyl (C=O) groups is 3. The molecule has 3 atom stereocenters. The number of alkyl carbamates (subject to hydrolysis) is 1. The third-order valence-corrected chi connectivity index (χ3v) is 7.17. The van der Waals surface area contributed by atoms with Gasteiger partial charge in [0.15, 0.2) is 0 Å². The highest BCUT2D eigenvalue weighted by Crippen LogP contribution is 2.54. The second-order valence-electron chi connectivity index (χ2n) is 8.65. The minimum Gasteiger partial charge on any atom is -0.481 e. The lowest BCUT2D eigenvalue weighted by molar-refractivity contribution is -0.141. The van der Waals surface area contributed by atoms with Gasteiger partial charge in [-0.2, -0.15) is 11.8 Å². The highest BCUT2D eigenvalue weighted by Gasteiger charge is 2.72. The topological polar surface area (TPSA) is 105 Å². The van der Waals surface area contributed by atoms with E-state index < -0.39 is 48.3 Å². The molecule has 2 aliphatic carbocycles. The van der Waals surface area contributed by atoms with Crippen LogP contribution in [0.4, 0.5) is 13.6 Å². The van der Waals surface area contributed by atoms with Crippen molar-refractivity contribution >= 4 is 29.7 Å². The van der Waals surface area contributed by atoms with E-state index in [1.807, 2.05) is 54.8 Å². The maximum Gasteiger partial charge on any atom is 0.407 e. The predicted octanol–water partition coefficient (Wildman–Crippen LogP) is 3.73. The van der Waals surface area contributed by atoms with E-state index in [0.717, 1.165) is 22.3 Å². The van der Waals surface area contributed by atoms with Crippen LogP contribution in [0.3, 0.4) is 0 Å². The molecule has 10 heteroatoms. The van der Waals surface area contributed by atoms with E-state index in [9.17, 15) is 23.2 Å². The zero-order valence-corrected chi connectivity index (χ0v) is 19.8. The summed E-state index contributed by atoms with van der Waals surface area (Å²) in [4.78, 5) is 36.1. The average molecular weight is 505 g/mol. The summed E-state index contributed by atoms with van der Waals surface area (Å²) in [6, 6.07) is 14.8. The number of alkyl halides is 2. The van der Waals surface area contributed by atoms with Crippen LogP contribution in [0.2, 0.25) is 0 Å². The first kappa shape index (κ1) is 25.0. The monoisotopic (exact) mass is 504 g/mol. The standard InChI is InChI=1S/C25H26F2N2O5S/c1-35-11-10-20(22(30)28-12-19-21(23(31)32)25(19,26)27)29-24(33)34-13-18-16-8-4-2-6-14(16)15-7-3-5-9-17(15)18/h2-9,18-21H,10-13H2,1H3,(H,28,30)(H,29,33)(H,31,32). The fourth-order valence-electron chi connectivity index (χ4n) is 4.60. The van der Waals surface area contributed by atoms with Crippen molar-refractivity contribution in [3.05, 3.63) is 59.7 Å². The summed E-state index contributed by atoms with van der Waals surface area (Å²) >= 11 is 1.46. The van der Waals surface area contributed by atoms with Crippen molar-refractivity contribution in [2.24, 2.45) is 11.8 Å². The number of amides is 2. The number of ether oxygens (including phenoxy) is 1. The molecule has 2 amide bonds. The summed E-state index contributed by atoms with van der Waals surface area (Å²) in [6.07, 6.45) is 1.32. The molecule has 3 N–H and O–H groups in total. The molecule has 2 aromatic rings. The van der Waals surface area contributed by atoms with Crippen LogP contribution in [0.25, 0.3) is 11.1 Å². The Kier molecular flexibility index (Phi) is 7.30. The van der Waals surface area contributed by atoms with Crippen molar-refractivity contribution in [1.29, 1.82) is 0 Å². The summed E-state index contributed by atoms with van der Waals surface area (Å²) in [5.41, 5.74) is 4.28. The fraction of sp³-hybridized carbons (Fsp3) is 0.400. The van der Waals surface area contributed by atoms with Gasteiger partial charge in [0.05, 0.1) is 5.92 Å². The van der Waals surface area contributed by atoms with Gasteiger partial charge in [-0.25, -0.2) is 13.6 Å². The first-order valence-electron chi connectivity index (χ1n) is 11.2. The van der Waals surface area contributed by atoms with Crippen molar-refractivity contribution in [3.63, 3.8) is 0 Å². The van der Waals surface area contributed by atoms with E-state index in [1.54, 1.807) is 0 Å². The molecule has 0 heterocycles. The molecule has 0 aliphatic heterocycles. The van der Waals surface area contributed by atoms with Crippen LogP contribution in [0.15, 0.2) is 48.5 Å². The molecular formula is C25H26F2N2O5S. The van der Waals surface area contributed by atoms with Crippen LogP contribution >= 0.6 is 11.8 Å². The second-order valence-corrected chi connectivity index (χ2v) is 9.63. The zero-order valence-electron chi connectivity index (χ0n) is 19.0. The van der Waals surface area contributed by atoms with Crippen molar-refractivity contribution in [3.8, 4) is 11.1 Å². The number of rotatable bonds is 10. The fourth-order valence-corrected chi connectivity index (χ4v) is 5.07. The van der Waals surface area contributed by atoms with Crippen LogP contribution in [0, 0.1) is 11.8 Å². The summed E-state index contributed by atoms with van der Waals surface area (Å²) in [5.74, 6) is -8.46. The van der Waals surface area contributed by atoms with Crippen LogP contribution < -0.4 is 10.6 Å². The molecule has 0 radical (unpaired) electrons. The lowest BCUT2D eigenvalue weighted by atomic mass is 9.98. The van der Waals surface area contributed by atoms with Crippen LogP contribution in [0.5, 0.6) is 0 Å². The molecule has 35 heavy (non-hydrogen) atoms. The number of fused-ring (bicyclic) bond motifs is 3. The Bertz CT molecular complexity index is 1080. The largest absolute Gasteiger partial charge is 0.481 e. The molecule has 1 saturated carbocycles. The minimum atomic E-state index is -3.35. The molecule has 7 nitrogen and oxygen atoms in total. The molecule has 2 aliphatic rings. The predicted molar refractivity (Wildman–Crippen MR) is 128 cm³/mol. The molecule has 0 bridgehead atoms. The van der Waals surface area contributed by atoms with E-state index in [0.29, 0.717) is 5.75 Å². The summed E-state index contributed by atoms with van der Waals surface area (Å²) in [7, 11) is 0. The molecule has 186 valence electrons. The van der Waals surface area contributed by atoms with Crippen LogP contribution in [-0.2, 0) is 14.3 Å². The van der Waals surface area contributed by atoms with Gasteiger partial charge in [0, 0.05) is 12.5 Å². The number of thioether (sulfide) groups is 1. The van der Waals surface area contributed by atoms with E-state index in [2.05, 4.69) is 10.6 Å². The number of aliphatic carboxylic acids is 1. The number of halogens is 2. The minimum absolute atomic E-state index is 0.0747. The number of nitrogens with one attached hydrogen (secondary N) is 2. The lowest BCUT2D eigenvalue weighted by Gasteiger charge is -2.19. The van der Waals surface area contributed by atoms with Crippen LogP contribution in [0.1, 0.15) is 23.5 Å². The molecule has 0 spiro atoms. The Balaban J connectivity index is 1.35. The van der Waals surface area contributed by atoms with Gasteiger partial charge in [0.25, 0.3) is 5.92 Å². The first-order valence-corrected chi connectivity index (χ1v) is 12.6. The second kappa shape index (κ2) is 10.2. The zero-order chi connectivity index (χ0) is 25.2. The van der Waals surface area contributed by atoms with Crippen molar-refractivity contribution in [1.82, 2.24) is 10.6 Å². The Labute approximate surface area is 205 Å². The van der Waals surface area contributed by atoms with Gasteiger partial charge in [0.2, 0.25) is 5.91 Å². The van der Waals surface area contributed by atoms with Crippen LogP contribution in [-0.4, -0.2) is 60.2 Å². The highest BCUT2D eigenvalue weighted by molar-refractivity contribution is 7.98.